The standard InChI is InChI=1S/C16H16ClNO/c1-11(2)15-12(3)16(17)18-9-14(15)19-10-13-7-5-4-6-8-13/h4-9H,1,10H2,2-3H3. The van der Waals surface area contributed by atoms with Crippen LogP contribution in [0.15, 0.2) is 43.1 Å². The van der Waals surface area contributed by atoms with E-state index >= 15 is 0 Å². The number of ether oxygens (including phenoxy) is 1. The van der Waals surface area contributed by atoms with Gasteiger partial charge in [0, 0.05) is 5.56 Å². The van der Waals surface area contributed by atoms with E-state index in [1.807, 2.05) is 44.2 Å². The first-order chi connectivity index (χ1) is 9.09. The molecule has 0 aliphatic heterocycles. The normalized spacial score (nSPS) is 10.3. The van der Waals surface area contributed by atoms with Gasteiger partial charge in [-0.3, -0.25) is 0 Å². The van der Waals surface area contributed by atoms with Crippen molar-refractivity contribution in [2.45, 2.75) is 20.5 Å². The average Bonchev–Trinajstić information content (AvgIpc) is 2.41. The van der Waals surface area contributed by atoms with Gasteiger partial charge < -0.3 is 4.74 Å². The van der Waals surface area contributed by atoms with E-state index in [0.717, 1.165) is 28.0 Å². The van der Waals surface area contributed by atoms with Crippen LogP contribution in [0, 0.1) is 6.92 Å². The van der Waals surface area contributed by atoms with Gasteiger partial charge in [-0.05, 0) is 30.5 Å². The van der Waals surface area contributed by atoms with Gasteiger partial charge in [0.1, 0.15) is 17.5 Å². The van der Waals surface area contributed by atoms with Gasteiger partial charge in [-0.2, -0.15) is 0 Å². The van der Waals surface area contributed by atoms with Crippen LogP contribution in [0.3, 0.4) is 0 Å². The molecule has 0 atom stereocenters. The lowest BCUT2D eigenvalue weighted by atomic mass is 10.0. The number of benzene rings is 1. The summed E-state index contributed by atoms with van der Waals surface area (Å²) in [6, 6.07) is 10.0. The Morgan fingerprint density at radius 2 is 2.00 bits per heavy atom. The zero-order valence-corrected chi connectivity index (χ0v) is 11.9. The number of rotatable bonds is 4. The Balaban J connectivity index is 2.26. The van der Waals surface area contributed by atoms with Crippen molar-refractivity contribution in [3.8, 4) is 5.75 Å². The summed E-state index contributed by atoms with van der Waals surface area (Å²) in [6.45, 7) is 8.34. The van der Waals surface area contributed by atoms with Crippen molar-refractivity contribution < 1.29 is 4.74 Å². The summed E-state index contributed by atoms with van der Waals surface area (Å²) >= 11 is 6.04. The van der Waals surface area contributed by atoms with Crippen LogP contribution in [0.4, 0.5) is 0 Å². The molecule has 98 valence electrons. The fourth-order valence-corrected chi connectivity index (χ4v) is 2.08. The van der Waals surface area contributed by atoms with Crippen LogP contribution in [0.5, 0.6) is 5.75 Å². The second-order valence-electron chi connectivity index (χ2n) is 4.47. The lowest BCUT2D eigenvalue weighted by Crippen LogP contribution is -2.00. The van der Waals surface area contributed by atoms with E-state index in [1.165, 1.54) is 0 Å². The second-order valence-corrected chi connectivity index (χ2v) is 4.83. The number of allylic oxidation sites excluding steroid dienone is 1. The van der Waals surface area contributed by atoms with Crippen molar-refractivity contribution in [1.29, 1.82) is 0 Å². The molecule has 0 radical (unpaired) electrons. The monoisotopic (exact) mass is 273 g/mol. The molecule has 0 bridgehead atoms. The van der Waals surface area contributed by atoms with Crippen LogP contribution < -0.4 is 4.74 Å². The Bertz CT molecular complexity index is 593. The molecule has 1 aromatic carbocycles. The molecule has 0 unspecified atom stereocenters. The Kier molecular flexibility index (Phi) is 4.23. The highest BCUT2D eigenvalue weighted by Gasteiger charge is 2.12. The van der Waals surface area contributed by atoms with Gasteiger partial charge in [0.2, 0.25) is 0 Å². The molecule has 0 aliphatic rings. The molecule has 1 heterocycles. The van der Waals surface area contributed by atoms with Crippen molar-refractivity contribution >= 4 is 17.2 Å². The maximum absolute atomic E-state index is 6.04. The third kappa shape index (κ3) is 3.15. The molecule has 0 amide bonds. The van der Waals surface area contributed by atoms with Gasteiger partial charge in [0.05, 0.1) is 6.20 Å². The van der Waals surface area contributed by atoms with Gasteiger partial charge in [-0.25, -0.2) is 4.98 Å². The highest BCUT2D eigenvalue weighted by atomic mass is 35.5. The second kappa shape index (κ2) is 5.89. The number of pyridine rings is 1. The molecular formula is C16H16ClNO. The van der Waals surface area contributed by atoms with Crippen LogP contribution in [-0.2, 0) is 6.61 Å². The minimum absolute atomic E-state index is 0.491. The third-order valence-corrected chi connectivity index (χ3v) is 3.27. The van der Waals surface area contributed by atoms with Gasteiger partial charge in [0.15, 0.2) is 0 Å². The number of halogens is 1. The van der Waals surface area contributed by atoms with Crippen molar-refractivity contribution in [1.82, 2.24) is 4.98 Å². The predicted molar refractivity (Wildman–Crippen MR) is 79.5 cm³/mol. The molecule has 3 heteroatoms. The number of aromatic nitrogens is 1. The quantitative estimate of drug-likeness (QED) is 0.756. The Morgan fingerprint density at radius 1 is 1.32 bits per heavy atom. The minimum Gasteiger partial charge on any atom is -0.487 e. The maximum Gasteiger partial charge on any atom is 0.145 e. The zero-order valence-electron chi connectivity index (χ0n) is 11.1. The topological polar surface area (TPSA) is 22.1 Å². The largest absolute Gasteiger partial charge is 0.487 e. The maximum atomic E-state index is 6.04. The fourth-order valence-electron chi connectivity index (χ4n) is 1.94. The third-order valence-electron chi connectivity index (χ3n) is 2.89. The van der Waals surface area contributed by atoms with Crippen molar-refractivity contribution in [2.75, 3.05) is 0 Å². The van der Waals surface area contributed by atoms with E-state index in [9.17, 15) is 0 Å². The van der Waals surface area contributed by atoms with E-state index in [0.29, 0.717) is 11.8 Å². The first-order valence-electron chi connectivity index (χ1n) is 6.07. The summed E-state index contributed by atoms with van der Waals surface area (Å²) < 4.78 is 5.84. The van der Waals surface area contributed by atoms with Crippen molar-refractivity contribution in [3.05, 3.63) is 65.0 Å². The molecule has 0 saturated carbocycles. The van der Waals surface area contributed by atoms with Crippen LogP contribution >= 0.6 is 11.6 Å². The highest BCUT2D eigenvalue weighted by Crippen LogP contribution is 2.31. The summed E-state index contributed by atoms with van der Waals surface area (Å²) in [7, 11) is 0. The molecule has 2 nitrogen and oxygen atoms in total. The fraction of sp³-hybridized carbons (Fsp3) is 0.188. The molecule has 0 saturated heterocycles. The Labute approximate surface area is 118 Å². The first-order valence-corrected chi connectivity index (χ1v) is 6.45. The molecule has 2 aromatic rings. The molecule has 2 rings (SSSR count). The van der Waals surface area contributed by atoms with E-state index in [2.05, 4.69) is 11.6 Å². The summed E-state index contributed by atoms with van der Waals surface area (Å²) in [5.41, 5.74) is 3.88. The van der Waals surface area contributed by atoms with Crippen LogP contribution in [-0.4, -0.2) is 4.98 Å². The molecular weight excluding hydrogens is 258 g/mol. The molecule has 0 spiro atoms. The van der Waals surface area contributed by atoms with Gasteiger partial charge in [-0.1, -0.05) is 48.5 Å². The summed E-state index contributed by atoms with van der Waals surface area (Å²) in [4.78, 5) is 4.13. The zero-order chi connectivity index (χ0) is 13.8. The van der Waals surface area contributed by atoms with Crippen molar-refractivity contribution in [2.24, 2.45) is 0 Å². The van der Waals surface area contributed by atoms with Gasteiger partial charge in [-0.15, -0.1) is 0 Å². The van der Waals surface area contributed by atoms with Crippen LogP contribution in [0.25, 0.3) is 5.57 Å². The summed E-state index contributed by atoms with van der Waals surface area (Å²) in [6.07, 6.45) is 1.66. The van der Waals surface area contributed by atoms with E-state index in [4.69, 9.17) is 16.3 Å². The highest BCUT2D eigenvalue weighted by molar-refractivity contribution is 6.30. The smallest absolute Gasteiger partial charge is 0.145 e. The van der Waals surface area contributed by atoms with Crippen molar-refractivity contribution in [3.63, 3.8) is 0 Å². The van der Waals surface area contributed by atoms with Crippen LogP contribution in [0.1, 0.15) is 23.6 Å². The van der Waals surface area contributed by atoms with Gasteiger partial charge in [0.25, 0.3) is 0 Å². The lowest BCUT2D eigenvalue weighted by Gasteiger charge is -2.14. The SMILES string of the molecule is C=C(C)c1c(OCc2ccccc2)cnc(Cl)c1C. The van der Waals surface area contributed by atoms with E-state index in [1.54, 1.807) is 6.20 Å². The lowest BCUT2D eigenvalue weighted by molar-refractivity contribution is 0.304. The summed E-state index contributed by atoms with van der Waals surface area (Å²) in [5, 5.41) is 0.491. The number of hydrogen-bond donors (Lipinski definition) is 0. The first kappa shape index (κ1) is 13.6. The molecule has 1 aromatic heterocycles. The molecule has 0 N–H and O–H groups in total. The Hall–Kier alpha value is -1.80. The Morgan fingerprint density at radius 3 is 2.63 bits per heavy atom. The molecule has 19 heavy (non-hydrogen) atoms. The molecule has 0 aliphatic carbocycles. The van der Waals surface area contributed by atoms with Crippen LogP contribution in [0.2, 0.25) is 5.15 Å². The van der Waals surface area contributed by atoms with E-state index < -0.39 is 0 Å². The molecule has 0 fully saturated rings. The minimum atomic E-state index is 0.491. The predicted octanol–water partition coefficient (Wildman–Crippen LogP) is 4.66. The average molecular weight is 274 g/mol. The van der Waals surface area contributed by atoms with E-state index in [-0.39, 0.29) is 0 Å². The summed E-state index contributed by atoms with van der Waals surface area (Å²) in [5.74, 6) is 0.721. The number of nitrogens with zero attached hydrogens (tertiary/aromatic N) is 1. The number of hydrogen-bond acceptors (Lipinski definition) is 2. The van der Waals surface area contributed by atoms with Gasteiger partial charge >= 0.3 is 0 Å².